The summed E-state index contributed by atoms with van der Waals surface area (Å²) in [6, 6.07) is 1.87. The molecule has 1 heterocycles. The second-order valence-corrected chi connectivity index (χ2v) is 4.25. The highest BCUT2D eigenvalue weighted by molar-refractivity contribution is 7.16. The summed E-state index contributed by atoms with van der Waals surface area (Å²) >= 11 is 7.34. The summed E-state index contributed by atoms with van der Waals surface area (Å²) in [4.78, 5) is 1.26. The quantitative estimate of drug-likeness (QED) is 0.641. The number of hydrogen-bond donors (Lipinski definition) is 1. The molecule has 0 bridgehead atoms. The van der Waals surface area contributed by atoms with E-state index in [1.165, 1.54) is 4.88 Å². The minimum atomic E-state index is -0.251. The lowest BCUT2D eigenvalue weighted by Gasteiger charge is -1.96. The Morgan fingerprint density at radius 1 is 1.70 bits per heavy atom. The molecule has 1 aliphatic carbocycles. The Hall–Kier alpha value is -0.0500. The van der Waals surface area contributed by atoms with Crippen LogP contribution >= 0.6 is 22.9 Å². The standard InChI is InChI=1S/C7H7ClOS/c8-7-3-4-5(9)1-2-6(4)10-7/h3,5,9H,1-2H2/t5-/m1/s1. The summed E-state index contributed by atoms with van der Waals surface area (Å²) in [6.07, 6.45) is 1.62. The number of aliphatic hydroxyl groups excluding tert-OH is 1. The Bertz CT molecular complexity index is 256. The van der Waals surface area contributed by atoms with Crippen molar-refractivity contribution in [2.24, 2.45) is 0 Å². The molecule has 0 amide bonds. The number of aryl methyl sites for hydroxylation is 1. The van der Waals surface area contributed by atoms with Crippen molar-refractivity contribution in [2.45, 2.75) is 18.9 Å². The first kappa shape index (κ1) is 6.65. The second-order valence-electron chi connectivity index (χ2n) is 2.48. The Morgan fingerprint density at radius 2 is 2.50 bits per heavy atom. The van der Waals surface area contributed by atoms with E-state index in [0.717, 1.165) is 22.7 Å². The zero-order valence-electron chi connectivity index (χ0n) is 5.30. The maximum absolute atomic E-state index is 9.34. The smallest absolute Gasteiger partial charge is 0.0935 e. The fourth-order valence-corrected chi connectivity index (χ4v) is 2.66. The number of halogens is 1. The average Bonchev–Trinajstić information content (AvgIpc) is 2.35. The molecule has 0 aliphatic heterocycles. The summed E-state index contributed by atoms with van der Waals surface area (Å²) in [5.74, 6) is 0. The van der Waals surface area contributed by atoms with E-state index < -0.39 is 0 Å². The number of aliphatic hydroxyl groups is 1. The SMILES string of the molecule is O[C@@H]1CCc2sc(Cl)cc21. The molecule has 0 saturated heterocycles. The van der Waals surface area contributed by atoms with Crippen LogP contribution in [0.3, 0.4) is 0 Å². The molecule has 2 rings (SSSR count). The predicted octanol–water partition coefficient (Wildman–Crippen LogP) is 2.38. The third-order valence-electron chi connectivity index (χ3n) is 1.82. The first-order valence-corrected chi connectivity index (χ1v) is 4.43. The monoisotopic (exact) mass is 174 g/mol. The van der Waals surface area contributed by atoms with Crippen LogP contribution in [-0.2, 0) is 6.42 Å². The van der Waals surface area contributed by atoms with Gasteiger partial charge in [0, 0.05) is 4.88 Å². The van der Waals surface area contributed by atoms with Crippen LogP contribution in [-0.4, -0.2) is 5.11 Å². The molecule has 1 atom stereocenters. The lowest BCUT2D eigenvalue weighted by atomic mass is 10.2. The molecular formula is C7H7ClOS. The zero-order valence-corrected chi connectivity index (χ0v) is 6.87. The van der Waals surface area contributed by atoms with Gasteiger partial charge in [-0.05, 0) is 24.5 Å². The fourth-order valence-electron chi connectivity index (χ4n) is 1.31. The molecule has 0 aromatic carbocycles. The van der Waals surface area contributed by atoms with Crippen molar-refractivity contribution >= 4 is 22.9 Å². The molecule has 0 unspecified atom stereocenters. The normalized spacial score (nSPS) is 23.2. The number of fused-ring (bicyclic) bond motifs is 1. The summed E-state index contributed by atoms with van der Waals surface area (Å²) in [6.45, 7) is 0. The maximum atomic E-state index is 9.34. The van der Waals surface area contributed by atoms with Crippen LogP contribution in [0.1, 0.15) is 23.0 Å². The van der Waals surface area contributed by atoms with E-state index in [1.54, 1.807) is 11.3 Å². The Morgan fingerprint density at radius 3 is 3.20 bits per heavy atom. The minimum absolute atomic E-state index is 0.251. The maximum Gasteiger partial charge on any atom is 0.0935 e. The van der Waals surface area contributed by atoms with Crippen molar-refractivity contribution in [3.63, 3.8) is 0 Å². The molecule has 1 N–H and O–H groups in total. The van der Waals surface area contributed by atoms with Gasteiger partial charge in [-0.25, -0.2) is 0 Å². The summed E-state index contributed by atoms with van der Waals surface area (Å²) in [5, 5.41) is 9.34. The van der Waals surface area contributed by atoms with Gasteiger partial charge in [0.25, 0.3) is 0 Å². The van der Waals surface area contributed by atoms with E-state index in [1.807, 2.05) is 6.07 Å². The molecule has 1 aromatic rings. The fraction of sp³-hybridized carbons (Fsp3) is 0.429. The van der Waals surface area contributed by atoms with Crippen LogP contribution in [0.15, 0.2) is 6.07 Å². The van der Waals surface area contributed by atoms with Gasteiger partial charge in [0.1, 0.15) is 0 Å². The molecule has 3 heteroatoms. The van der Waals surface area contributed by atoms with Gasteiger partial charge in [0.2, 0.25) is 0 Å². The number of thiophene rings is 1. The molecule has 1 aliphatic rings. The molecule has 10 heavy (non-hydrogen) atoms. The van der Waals surface area contributed by atoms with Crippen LogP contribution in [0.4, 0.5) is 0 Å². The van der Waals surface area contributed by atoms with E-state index in [4.69, 9.17) is 11.6 Å². The first-order valence-electron chi connectivity index (χ1n) is 3.23. The molecule has 0 radical (unpaired) electrons. The van der Waals surface area contributed by atoms with Crippen LogP contribution in [0.25, 0.3) is 0 Å². The highest BCUT2D eigenvalue weighted by Crippen LogP contribution is 2.38. The summed E-state index contributed by atoms with van der Waals surface area (Å²) in [5.41, 5.74) is 1.05. The van der Waals surface area contributed by atoms with Gasteiger partial charge >= 0.3 is 0 Å². The topological polar surface area (TPSA) is 20.2 Å². The summed E-state index contributed by atoms with van der Waals surface area (Å²) in [7, 11) is 0. The van der Waals surface area contributed by atoms with E-state index in [9.17, 15) is 5.11 Å². The largest absolute Gasteiger partial charge is 0.388 e. The molecule has 1 nitrogen and oxygen atoms in total. The molecule has 0 saturated carbocycles. The van der Waals surface area contributed by atoms with Crippen molar-refractivity contribution in [1.82, 2.24) is 0 Å². The Labute approximate surface area is 68.3 Å². The third-order valence-corrected chi connectivity index (χ3v) is 3.16. The Kier molecular flexibility index (Phi) is 1.48. The minimum Gasteiger partial charge on any atom is -0.388 e. The molecule has 0 fully saturated rings. The van der Waals surface area contributed by atoms with Crippen LogP contribution < -0.4 is 0 Å². The number of rotatable bonds is 0. The number of hydrogen-bond acceptors (Lipinski definition) is 2. The average molecular weight is 175 g/mol. The van der Waals surface area contributed by atoms with Crippen LogP contribution in [0, 0.1) is 0 Å². The molecule has 1 aromatic heterocycles. The molecular weight excluding hydrogens is 168 g/mol. The van der Waals surface area contributed by atoms with Crippen molar-refractivity contribution in [3.8, 4) is 0 Å². The van der Waals surface area contributed by atoms with E-state index in [0.29, 0.717) is 0 Å². The van der Waals surface area contributed by atoms with Gasteiger partial charge in [0.15, 0.2) is 0 Å². The van der Waals surface area contributed by atoms with E-state index >= 15 is 0 Å². The first-order chi connectivity index (χ1) is 4.77. The van der Waals surface area contributed by atoms with Gasteiger partial charge in [-0.15, -0.1) is 11.3 Å². The highest BCUT2D eigenvalue weighted by Gasteiger charge is 2.22. The van der Waals surface area contributed by atoms with Gasteiger partial charge in [0.05, 0.1) is 10.4 Å². The Balaban J connectivity index is 2.49. The van der Waals surface area contributed by atoms with Gasteiger partial charge in [-0.2, -0.15) is 0 Å². The van der Waals surface area contributed by atoms with Gasteiger partial charge in [-0.1, -0.05) is 11.6 Å². The summed E-state index contributed by atoms with van der Waals surface area (Å²) < 4.78 is 0.795. The predicted molar refractivity (Wildman–Crippen MR) is 42.6 cm³/mol. The van der Waals surface area contributed by atoms with Crippen molar-refractivity contribution in [2.75, 3.05) is 0 Å². The zero-order chi connectivity index (χ0) is 7.14. The van der Waals surface area contributed by atoms with Crippen molar-refractivity contribution in [1.29, 1.82) is 0 Å². The van der Waals surface area contributed by atoms with Crippen LogP contribution in [0.5, 0.6) is 0 Å². The lowest BCUT2D eigenvalue weighted by Crippen LogP contribution is -1.86. The van der Waals surface area contributed by atoms with Crippen molar-refractivity contribution in [3.05, 3.63) is 20.8 Å². The molecule has 54 valence electrons. The second kappa shape index (κ2) is 2.22. The highest BCUT2D eigenvalue weighted by atomic mass is 35.5. The van der Waals surface area contributed by atoms with Crippen molar-refractivity contribution < 1.29 is 5.11 Å². The molecule has 0 spiro atoms. The third kappa shape index (κ3) is 0.875. The van der Waals surface area contributed by atoms with Gasteiger partial charge in [-0.3, -0.25) is 0 Å². The van der Waals surface area contributed by atoms with Gasteiger partial charge < -0.3 is 5.11 Å². The van der Waals surface area contributed by atoms with E-state index in [-0.39, 0.29) is 6.10 Å². The lowest BCUT2D eigenvalue weighted by molar-refractivity contribution is 0.180. The van der Waals surface area contributed by atoms with Crippen LogP contribution in [0.2, 0.25) is 4.34 Å². The van der Waals surface area contributed by atoms with E-state index in [2.05, 4.69) is 0 Å².